The maximum Gasteiger partial charge on any atom is 0.341 e. The molecular weight excluding hydrogens is 408 g/mol. The van der Waals surface area contributed by atoms with Crippen molar-refractivity contribution in [3.05, 3.63) is 24.3 Å². The lowest BCUT2D eigenvalue weighted by molar-refractivity contribution is -0.163. The number of carbonyl (C=O) groups is 8. The maximum absolute atomic E-state index is 10.2. The second-order valence-electron chi connectivity index (χ2n) is 5.66. The molecule has 0 unspecified atom stereocenters. The highest BCUT2D eigenvalue weighted by Crippen LogP contribution is 2.10. The molecule has 0 aliphatic carbocycles. The highest BCUT2D eigenvalue weighted by Gasteiger charge is 2.24. The van der Waals surface area contributed by atoms with Gasteiger partial charge in [-0.3, -0.25) is 24.0 Å². The van der Waals surface area contributed by atoms with Crippen LogP contribution in [0.4, 0.5) is 0 Å². The van der Waals surface area contributed by atoms with E-state index in [1.165, 1.54) is 0 Å². The Bertz CT molecular complexity index is 770. The van der Waals surface area contributed by atoms with Crippen LogP contribution in [0.2, 0.25) is 0 Å². The standard InChI is InChI=1S/C5H4O3.C5H6O3.C4H4O3.C4H2O3/c1-3-2-4(6)8-5(3)7;6-4-2-1-3-5(7)8-4;2*5-3-1-2-4(6)7-3/h1-2H2;1-3H2;1-2H2;1-2H. The first-order valence-corrected chi connectivity index (χ1v) is 8.40. The number of rotatable bonds is 0. The van der Waals surface area contributed by atoms with Gasteiger partial charge in [0.25, 0.3) is 0 Å². The highest BCUT2D eigenvalue weighted by molar-refractivity contribution is 6.05. The smallest absolute Gasteiger partial charge is 0.341 e. The van der Waals surface area contributed by atoms with Crippen LogP contribution in [0.3, 0.4) is 0 Å². The molecule has 0 bridgehead atoms. The number of esters is 8. The van der Waals surface area contributed by atoms with Crippen molar-refractivity contribution in [2.24, 2.45) is 0 Å². The zero-order chi connectivity index (χ0) is 22.7. The van der Waals surface area contributed by atoms with Crippen LogP contribution in [0.25, 0.3) is 0 Å². The molecule has 30 heavy (non-hydrogen) atoms. The second-order valence-corrected chi connectivity index (χ2v) is 5.66. The van der Waals surface area contributed by atoms with Crippen molar-refractivity contribution in [3.8, 4) is 0 Å². The molecule has 12 nitrogen and oxygen atoms in total. The molecule has 0 N–H and O–H groups in total. The van der Waals surface area contributed by atoms with Gasteiger partial charge < -0.3 is 18.9 Å². The van der Waals surface area contributed by atoms with Gasteiger partial charge in [-0.25, -0.2) is 14.4 Å². The van der Waals surface area contributed by atoms with Crippen molar-refractivity contribution in [2.75, 3.05) is 0 Å². The van der Waals surface area contributed by atoms with E-state index in [-0.39, 0.29) is 36.8 Å². The summed E-state index contributed by atoms with van der Waals surface area (Å²) in [7, 11) is 0. The quantitative estimate of drug-likeness (QED) is 0.216. The largest absolute Gasteiger partial charge is 0.393 e. The number of hydrogen-bond donors (Lipinski definition) is 0. The molecule has 3 fully saturated rings. The monoisotopic (exact) mass is 424 g/mol. The fourth-order valence-corrected chi connectivity index (χ4v) is 1.80. The van der Waals surface area contributed by atoms with Crippen LogP contribution in [-0.2, 0) is 57.3 Å². The normalized spacial score (nSPS) is 19.4. The summed E-state index contributed by atoms with van der Waals surface area (Å²) in [6.07, 6.45) is 4.19. The minimum atomic E-state index is -0.588. The Balaban J connectivity index is 0.000000200. The van der Waals surface area contributed by atoms with Gasteiger partial charge in [-0.2, -0.15) is 0 Å². The Hall–Kier alpha value is -3.96. The average Bonchev–Trinajstić information content (AvgIpc) is 3.30. The molecule has 0 aromatic carbocycles. The minimum absolute atomic E-state index is 0.0544. The molecule has 0 spiro atoms. The zero-order valence-corrected chi connectivity index (χ0v) is 15.5. The Labute approximate surface area is 168 Å². The van der Waals surface area contributed by atoms with Gasteiger partial charge in [0.05, 0.1) is 19.3 Å². The van der Waals surface area contributed by atoms with Crippen LogP contribution in [0, 0.1) is 0 Å². The molecule has 4 aliphatic heterocycles. The number of ether oxygens (including phenoxy) is 4. The van der Waals surface area contributed by atoms with Gasteiger partial charge in [0.15, 0.2) is 0 Å². The van der Waals surface area contributed by atoms with Crippen molar-refractivity contribution in [1.29, 1.82) is 0 Å². The molecule has 160 valence electrons. The molecule has 0 aromatic rings. The number of cyclic esters (lactones) is 8. The molecule has 0 radical (unpaired) electrons. The summed E-state index contributed by atoms with van der Waals surface area (Å²) in [5.41, 5.74) is 0.245. The summed E-state index contributed by atoms with van der Waals surface area (Å²) in [6, 6.07) is 0. The predicted octanol–water partition coefficient (Wildman–Crippen LogP) is -0.268. The van der Waals surface area contributed by atoms with Crippen LogP contribution in [0.15, 0.2) is 24.3 Å². The highest BCUT2D eigenvalue weighted by atomic mass is 16.6. The Morgan fingerprint density at radius 1 is 0.567 bits per heavy atom. The first-order chi connectivity index (χ1) is 14.1. The van der Waals surface area contributed by atoms with Gasteiger partial charge in [0.1, 0.15) is 0 Å². The summed E-state index contributed by atoms with van der Waals surface area (Å²) in [6.45, 7) is 3.29. The van der Waals surface area contributed by atoms with Gasteiger partial charge in [-0.15, -0.1) is 0 Å². The van der Waals surface area contributed by atoms with E-state index in [1.54, 1.807) is 0 Å². The Morgan fingerprint density at radius 2 is 1.00 bits per heavy atom. The van der Waals surface area contributed by atoms with Crippen molar-refractivity contribution in [3.63, 3.8) is 0 Å². The zero-order valence-electron chi connectivity index (χ0n) is 15.5. The summed E-state index contributed by atoms with van der Waals surface area (Å²) < 4.78 is 16.4. The maximum atomic E-state index is 10.2. The van der Waals surface area contributed by atoms with E-state index < -0.39 is 35.8 Å². The Kier molecular flexibility index (Phi) is 9.46. The van der Waals surface area contributed by atoms with E-state index in [0.29, 0.717) is 19.3 Å². The van der Waals surface area contributed by atoms with Crippen LogP contribution in [-0.4, -0.2) is 47.8 Å². The third kappa shape index (κ3) is 9.82. The topological polar surface area (TPSA) is 173 Å². The van der Waals surface area contributed by atoms with Gasteiger partial charge >= 0.3 is 47.8 Å². The first kappa shape index (κ1) is 24.1. The SMILES string of the molecule is C=C1CC(=O)OC1=O.O=C1C=CC(=O)O1.O=C1CCC(=O)O1.O=C1CCCC(=O)O1. The molecule has 0 amide bonds. The molecule has 0 saturated carbocycles. The van der Waals surface area contributed by atoms with Crippen LogP contribution >= 0.6 is 0 Å². The number of hydrogen-bond acceptors (Lipinski definition) is 12. The van der Waals surface area contributed by atoms with Gasteiger partial charge in [-0.1, -0.05) is 6.58 Å². The fraction of sp³-hybridized carbons (Fsp3) is 0.333. The van der Waals surface area contributed by atoms with Gasteiger partial charge in [0, 0.05) is 30.6 Å². The van der Waals surface area contributed by atoms with Gasteiger partial charge in [0.2, 0.25) is 0 Å². The van der Waals surface area contributed by atoms with E-state index >= 15 is 0 Å². The van der Waals surface area contributed by atoms with E-state index in [0.717, 1.165) is 12.2 Å². The van der Waals surface area contributed by atoms with Gasteiger partial charge in [-0.05, 0) is 6.42 Å². The number of carbonyl (C=O) groups excluding carboxylic acids is 8. The summed E-state index contributed by atoms with van der Waals surface area (Å²) in [5.74, 6) is -3.82. The lowest BCUT2D eigenvalue weighted by Gasteiger charge is -2.06. The predicted molar refractivity (Wildman–Crippen MR) is 90.4 cm³/mol. The molecule has 0 aromatic heterocycles. The van der Waals surface area contributed by atoms with Crippen molar-refractivity contribution in [2.45, 2.75) is 38.5 Å². The second kappa shape index (κ2) is 11.8. The summed E-state index contributed by atoms with van der Waals surface area (Å²) in [5, 5.41) is 0. The summed E-state index contributed by atoms with van der Waals surface area (Å²) in [4.78, 5) is 80.7. The van der Waals surface area contributed by atoms with E-state index in [2.05, 4.69) is 25.5 Å². The molecule has 3 saturated heterocycles. The third-order valence-corrected chi connectivity index (χ3v) is 3.16. The van der Waals surface area contributed by atoms with Crippen molar-refractivity contribution in [1.82, 2.24) is 0 Å². The van der Waals surface area contributed by atoms with Crippen LogP contribution < -0.4 is 0 Å². The van der Waals surface area contributed by atoms with Crippen LogP contribution in [0.5, 0.6) is 0 Å². The molecule has 4 rings (SSSR count). The molecule has 4 aliphatic rings. The molecule has 0 atom stereocenters. The summed E-state index contributed by atoms with van der Waals surface area (Å²) >= 11 is 0. The lowest BCUT2D eigenvalue weighted by atomic mass is 10.2. The van der Waals surface area contributed by atoms with Crippen molar-refractivity contribution < 1.29 is 57.3 Å². The first-order valence-electron chi connectivity index (χ1n) is 8.40. The molecule has 4 heterocycles. The van der Waals surface area contributed by atoms with E-state index in [9.17, 15) is 38.4 Å². The van der Waals surface area contributed by atoms with E-state index in [1.807, 2.05) is 0 Å². The van der Waals surface area contributed by atoms with Crippen molar-refractivity contribution >= 4 is 47.8 Å². The average molecular weight is 424 g/mol. The lowest BCUT2D eigenvalue weighted by Crippen LogP contribution is -2.17. The Morgan fingerprint density at radius 3 is 1.13 bits per heavy atom. The third-order valence-electron chi connectivity index (χ3n) is 3.16. The molecule has 12 heteroatoms. The van der Waals surface area contributed by atoms with Crippen LogP contribution in [0.1, 0.15) is 38.5 Å². The minimum Gasteiger partial charge on any atom is -0.393 e. The fourth-order valence-electron chi connectivity index (χ4n) is 1.80. The molecular formula is C18H16O12. The van der Waals surface area contributed by atoms with E-state index in [4.69, 9.17) is 0 Å².